The van der Waals surface area contributed by atoms with Crippen LogP contribution in [-0.4, -0.2) is 29.6 Å². The molecule has 0 aromatic heterocycles. The van der Waals surface area contributed by atoms with Crippen LogP contribution in [0.5, 0.6) is 0 Å². The second kappa shape index (κ2) is 6.10. The van der Waals surface area contributed by atoms with Gasteiger partial charge in [0.25, 0.3) is 0 Å². The molecular formula is C14H20N2S. The van der Waals surface area contributed by atoms with Crippen LogP contribution in [0.25, 0.3) is 0 Å². The molecule has 2 rings (SSSR count). The maximum absolute atomic E-state index is 8.22. The van der Waals surface area contributed by atoms with E-state index in [2.05, 4.69) is 36.1 Å². The van der Waals surface area contributed by atoms with Crippen molar-refractivity contribution in [2.45, 2.75) is 31.1 Å². The number of hydrogen-bond acceptors (Lipinski definition) is 2. The molecule has 0 aliphatic carbocycles. The highest BCUT2D eigenvalue weighted by Gasteiger charge is 2.14. The topological polar surface area (TPSA) is 27.1 Å². The maximum Gasteiger partial charge on any atom is 0.128 e. The molecule has 1 heterocycles. The Kier molecular flexibility index (Phi) is 4.49. The van der Waals surface area contributed by atoms with E-state index in [9.17, 15) is 0 Å². The molecule has 0 spiro atoms. The lowest BCUT2D eigenvalue weighted by molar-refractivity contribution is 0.341. The van der Waals surface area contributed by atoms with Crippen LogP contribution in [0.3, 0.4) is 0 Å². The normalized spacial score (nSPS) is 15.9. The fourth-order valence-electron chi connectivity index (χ4n) is 2.18. The highest BCUT2D eigenvalue weighted by molar-refractivity contribution is 7.99. The van der Waals surface area contributed by atoms with Crippen molar-refractivity contribution in [3.8, 4) is 0 Å². The summed E-state index contributed by atoms with van der Waals surface area (Å²) in [5.74, 6) is 1.79. The van der Waals surface area contributed by atoms with E-state index in [0.29, 0.717) is 5.84 Å². The van der Waals surface area contributed by atoms with Crippen LogP contribution in [0.4, 0.5) is 0 Å². The van der Waals surface area contributed by atoms with Gasteiger partial charge >= 0.3 is 0 Å². The minimum atomic E-state index is 0.692. The lowest BCUT2D eigenvalue weighted by Crippen LogP contribution is -2.35. The molecule has 0 atom stereocenters. The summed E-state index contributed by atoms with van der Waals surface area (Å²) in [5.41, 5.74) is 1.05. The molecule has 92 valence electrons. The zero-order chi connectivity index (χ0) is 12.1. The Balaban J connectivity index is 2.03. The molecule has 1 fully saturated rings. The molecule has 0 bridgehead atoms. The number of rotatable bonds is 3. The third-order valence-electron chi connectivity index (χ3n) is 3.11. The number of thioether (sulfide) groups is 1. The summed E-state index contributed by atoms with van der Waals surface area (Å²) >= 11 is 1.85. The summed E-state index contributed by atoms with van der Waals surface area (Å²) in [6.07, 6.45) is 3.77. The van der Waals surface area contributed by atoms with Crippen molar-refractivity contribution >= 4 is 17.6 Å². The smallest absolute Gasteiger partial charge is 0.128 e. The van der Waals surface area contributed by atoms with Gasteiger partial charge in [0.05, 0.1) is 0 Å². The predicted octanol–water partition coefficient (Wildman–Crippen LogP) is 3.61. The first kappa shape index (κ1) is 12.5. The highest BCUT2D eigenvalue weighted by Crippen LogP contribution is 2.19. The maximum atomic E-state index is 8.22. The first-order chi connectivity index (χ1) is 8.31. The van der Waals surface area contributed by atoms with Gasteiger partial charge in [-0.05, 0) is 37.1 Å². The zero-order valence-electron chi connectivity index (χ0n) is 10.4. The lowest BCUT2D eigenvalue weighted by Gasteiger charge is -2.29. The molecule has 0 radical (unpaired) electrons. The van der Waals surface area contributed by atoms with E-state index in [0.717, 1.165) is 24.4 Å². The molecule has 0 unspecified atom stereocenters. The van der Waals surface area contributed by atoms with Gasteiger partial charge in [-0.1, -0.05) is 19.1 Å². The first-order valence-corrected chi connectivity index (χ1v) is 7.36. The van der Waals surface area contributed by atoms with Crippen molar-refractivity contribution in [3.05, 3.63) is 29.8 Å². The molecule has 1 aliphatic heterocycles. The lowest BCUT2D eigenvalue weighted by atomic mass is 10.1. The molecule has 0 saturated carbocycles. The van der Waals surface area contributed by atoms with Crippen molar-refractivity contribution < 1.29 is 0 Å². The van der Waals surface area contributed by atoms with E-state index in [4.69, 9.17) is 5.41 Å². The average molecular weight is 248 g/mol. The van der Waals surface area contributed by atoms with E-state index >= 15 is 0 Å². The van der Waals surface area contributed by atoms with Crippen molar-refractivity contribution in [1.29, 1.82) is 5.41 Å². The third kappa shape index (κ3) is 3.25. The predicted molar refractivity (Wildman–Crippen MR) is 75.1 cm³/mol. The molecular weight excluding hydrogens is 228 g/mol. The fourth-order valence-corrected chi connectivity index (χ4v) is 2.84. The van der Waals surface area contributed by atoms with Gasteiger partial charge in [0, 0.05) is 23.5 Å². The summed E-state index contributed by atoms with van der Waals surface area (Å²) in [6.45, 7) is 4.25. The van der Waals surface area contributed by atoms with Gasteiger partial charge in [-0.15, -0.1) is 11.8 Å². The summed E-state index contributed by atoms with van der Waals surface area (Å²) in [7, 11) is 0. The van der Waals surface area contributed by atoms with Crippen LogP contribution in [0.15, 0.2) is 29.2 Å². The molecule has 1 N–H and O–H groups in total. The van der Waals surface area contributed by atoms with Gasteiger partial charge in [0.15, 0.2) is 0 Å². The molecule has 3 heteroatoms. The van der Waals surface area contributed by atoms with Crippen LogP contribution in [0.1, 0.15) is 31.7 Å². The first-order valence-electron chi connectivity index (χ1n) is 6.38. The highest BCUT2D eigenvalue weighted by atomic mass is 32.2. The monoisotopic (exact) mass is 248 g/mol. The SMILES string of the molecule is CCSc1ccc(C(=N)N2CCCCC2)cc1. The van der Waals surface area contributed by atoms with E-state index in [1.807, 2.05) is 11.8 Å². The van der Waals surface area contributed by atoms with Crippen LogP contribution in [0, 0.1) is 5.41 Å². The minimum Gasteiger partial charge on any atom is -0.357 e. The van der Waals surface area contributed by atoms with E-state index in [-0.39, 0.29) is 0 Å². The van der Waals surface area contributed by atoms with E-state index in [1.54, 1.807) is 0 Å². The Bertz CT molecular complexity index is 366. The molecule has 1 aromatic carbocycles. The third-order valence-corrected chi connectivity index (χ3v) is 4.01. The molecule has 1 aliphatic rings. The van der Waals surface area contributed by atoms with Crippen molar-refractivity contribution in [1.82, 2.24) is 4.90 Å². The van der Waals surface area contributed by atoms with Gasteiger partial charge < -0.3 is 4.90 Å². The number of benzene rings is 1. The van der Waals surface area contributed by atoms with Crippen LogP contribution >= 0.6 is 11.8 Å². The molecule has 2 nitrogen and oxygen atoms in total. The Morgan fingerprint density at radius 2 is 1.82 bits per heavy atom. The van der Waals surface area contributed by atoms with Crippen molar-refractivity contribution in [2.75, 3.05) is 18.8 Å². The molecule has 17 heavy (non-hydrogen) atoms. The van der Waals surface area contributed by atoms with E-state index < -0.39 is 0 Å². The Morgan fingerprint density at radius 3 is 2.41 bits per heavy atom. The van der Waals surface area contributed by atoms with Gasteiger partial charge in [0.2, 0.25) is 0 Å². The van der Waals surface area contributed by atoms with Crippen LogP contribution < -0.4 is 0 Å². The van der Waals surface area contributed by atoms with Gasteiger partial charge in [0.1, 0.15) is 5.84 Å². The molecule has 1 saturated heterocycles. The number of likely N-dealkylation sites (tertiary alicyclic amines) is 1. The Labute approximate surface area is 108 Å². The van der Waals surface area contributed by atoms with Gasteiger partial charge in [-0.25, -0.2) is 0 Å². The quantitative estimate of drug-likeness (QED) is 0.502. The largest absolute Gasteiger partial charge is 0.357 e. The van der Waals surface area contributed by atoms with Crippen molar-refractivity contribution in [2.24, 2.45) is 0 Å². The standard InChI is InChI=1S/C14H20N2S/c1-2-17-13-8-6-12(7-9-13)14(15)16-10-4-3-5-11-16/h6-9,15H,2-5,10-11H2,1H3. The van der Waals surface area contributed by atoms with E-state index in [1.165, 1.54) is 24.2 Å². The molecule has 0 amide bonds. The second-order valence-corrected chi connectivity index (χ2v) is 5.69. The average Bonchev–Trinajstić information content (AvgIpc) is 2.40. The van der Waals surface area contributed by atoms with Crippen LogP contribution in [-0.2, 0) is 0 Å². The summed E-state index contributed by atoms with van der Waals surface area (Å²) in [4.78, 5) is 3.49. The van der Waals surface area contributed by atoms with Crippen LogP contribution in [0.2, 0.25) is 0 Å². The summed E-state index contributed by atoms with van der Waals surface area (Å²) < 4.78 is 0. The van der Waals surface area contributed by atoms with Gasteiger partial charge in [-0.2, -0.15) is 0 Å². The zero-order valence-corrected chi connectivity index (χ0v) is 11.2. The number of piperidine rings is 1. The number of amidine groups is 1. The summed E-state index contributed by atoms with van der Waals surface area (Å²) in [5, 5.41) is 8.22. The van der Waals surface area contributed by atoms with Gasteiger partial charge in [-0.3, -0.25) is 5.41 Å². The number of hydrogen-bond donors (Lipinski definition) is 1. The number of nitrogens with zero attached hydrogens (tertiary/aromatic N) is 1. The second-order valence-electron chi connectivity index (χ2n) is 4.35. The Hall–Kier alpha value is -0.960. The minimum absolute atomic E-state index is 0.692. The number of nitrogens with one attached hydrogen (secondary N) is 1. The van der Waals surface area contributed by atoms with Crippen molar-refractivity contribution in [3.63, 3.8) is 0 Å². The fraction of sp³-hybridized carbons (Fsp3) is 0.500. The molecule has 1 aromatic rings. The summed E-state index contributed by atoms with van der Waals surface area (Å²) in [6, 6.07) is 8.41. The Morgan fingerprint density at radius 1 is 1.18 bits per heavy atom.